The molecule has 0 aliphatic carbocycles. The molecule has 0 spiro atoms. The Hall–Kier alpha value is -1.40. The number of aliphatic hydroxyl groups is 1. The van der Waals surface area contributed by atoms with E-state index in [1.165, 1.54) is 0 Å². The number of hydrogen-bond donors (Lipinski definition) is 3. The highest BCUT2D eigenvalue weighted by atomic mass is 16.5. The molecule has 1 aliphatic rings. The lowest BCUT2D eigenvalue weighted by atomic mass is 9.90. The Morgan fingerprint density at radius 3 is 2.60 bits per heavy atom. The van der Waals surface area contributed by atoms with E-state index in [-0.39, 0.29) is 12.1 Å². The molecule has 0 aromatic carbocycles. The largest absolute Gasteiger partial charge is 0.394 e. The van der Waals surface area contributed by atoms with Crippen molar-refractivity contribution in [1.29, 1.82) is 0 Å². The van der Waals surface area contributed by atoms with Crippen LogP contribution in [0.2, 0.25) is 0 Å². The molecule has 20 heavy (non-hydrogen) atoms. The maximum Gasteiger partial charge on any atom is 0.135 e. The predicted octanol–water partition coefficient (Wildman–Crippen LogP) is 1.42. The number of hydrogen-bond acceptors (Lipinski definition) is 6. The third kappa shape index (κ3) is 3.19. The van der Waals surface area contributed by atoms with Gasteiger partial charge in [-0.3, -0.25) is 0 Å². The molecule has 1 aromatic rings. The second-order valence-electron chi connectivity index (χ2n) is 5.23. The molecule has 1 aromatic heterocycles. The first-order chi connectivity index (χ1) is 9.74. The van der Waals surface area contributed by atoms with Crippen molar-refractivity contribution in [2.24, 2.45) is 0 Å². The molecule has 1 saturated heterocycles. The first kappa shape index (κ1) is 15.0. The lowest BCUT2D eigenvalue weighted by Gasteiger charge is -2.37. The predicted molar refractivity (Wildman–Crippen MR) is 79.1 cm³/mol. The lowest BCUT2D eigenvalue weighted by molar-refractivity contribution is 0.0378. The minimum atomic E-state index is -0.333. The molecule has 6 heteroatoms. The van der Waals surface area contributed by atoms with E-state index in [9.17, 15) is 5.11 Å². The molecule has 0 amide bonds. The number of nitrogens with one attached hydrogen (secondary N) is 2. The van der Waals surface area contributed by atoms with E-state index in [0.29, 0.717) is 13.2 Å². The summed E-state index contributed by atoms with van der Waals surface area (Å²) in [6.07, 6.45) is 5.04. The van der Waals surface area contributed by atoms with Gasteiger partial charge in [0, 0.05) is 25.8 Å². The quantitative estimate of drug-likeness (QED) is 0.731. The van der Waals surface area contributed by atoms with Gasteiger partial charge in [-0.05, 0) is 19.3 Å². The Labute approximate surface area is 120 Å². The van der Waals surface area contributed by atoms with E-state index in [2.05, 4.69) is 27.5 Å². The highest BCUT2D eigenvalue weighted by Crippen LogP contribution is 2.29. The molecule has 0 saturated carbocycles. The van der Waals surface area contributed by atoms with Gasteiger partial charge in [-0.15, -0.1) is 0 Å². The molecule has 1 aliphatic heterocycles. The second kappa shape index (κ2) is 6.85. The smallest absolute Gasteiger partial charge is 0.135 e. The molecule has 0 atom stereocenters. The van der Waals surface area contributed by atoms with Gasteiger partial charge >= 0.3 is 0 Å². The van der Waals surface area contributed by atoms with Crippen molar-refractivity contribution >= 4 is 11.6 Å². The molecule has 0 radical (unpaired) electrons. The average molecular weight is 280 g/mol. The Kier molecular flexibility index (Phi) is 5.14. The number of ether oxygens (including phenoxy) is 1. The fourth-order valence-corrected chi connectivity index (χ4v) is 2.56. The summed E-state index contributed by atoms with van der Waals surface area (Å²) in [5, 5.41) is 16.3. The number of aliphatic hydroxyl groups excluding tert-OH is 1. The molecular weight excluding hydrogens is 256 g/mol. The topological polar surface area (TPSA) is 79.3 Å². The minimum absolute atomic E-state index is 0.0841. The van der Waals surface area contributed by atoms with Crippen LogP contribution in [-0.4, -0.2) is 47.5 Å². The first-order valence-corrected chi connectivity index (χ1v) is 7.23. The van der Waals surface area contributed by atoms with Crippen LogP contribution in [-0.2, 0) is 11.2 Å². The van der Waals surface area contributed by atoms with Gasteiger partial charge < -0.3 is 20.5 Å². The van der Waals surface area contributed by atoms with E-state index < -0.39 is 0 Å². The van der Waals surface area contributed by atoms with E-state index >= 15 is 0 Å². The number of aromatic nitrogens is 2. The first-order valence-electron chi connectivity index (χ1n) is 7.23. The van der Waals surface area contributed by atoms with Crippen molar-refractivity contribution in [3.8, 4) is 0 Å². The summed E-state index contributed by atoms with van der Waals surface area (Å²) in [4.78, 5) is 8.65. The Bertz CT molecular complexity index is 433. The van der Waals surface area contributed by atoms with Gasteiger partial charge in [-0.1, -0.05) is 13.3 Å². The van der Waals surface area contributed by atoms with Crippen LogP contribution in [0.5, 0.6) is 0 Å². The van der Waals surface area contributed by atoms with Crippen molar-refractivity contribution < 1.29 is 9.84 Å². The zero-order valence-corrected chi connectivity index (χ0v) is 12.3. The number of nitrogens with zero attached hydrogens (tertiary/aromatic N) is 2. The molecule has 0 bridgehead atoms. The normalized spacial score (nSPS) is 17.8. The van der Waals surface area contributed by atoms with E-state index in [1.807, 2.05) is 7.05 Å². The van der Waals surface area contributed by atoms with E-state index in [1.54, 1.807) is 6.33 Å². The molecule has 2 heterocycles. The fourth-order valence-electron chi connectivity index (χ4n) is 2.56. The third-order valence-corrected chi connectivity index (χ3v) is 3.82. The van der Waals surface area contributed by atoms with Crippen molar-refractivity contribution in [3.05, 3.63) is 11.9 Å². The van der Waals surface area contributed by atoms with Crippen molar-refractivity contribution in [2.45, 2.75) is 38.1 Å². The summed E-state index contributed by atoms with van der Waals surface area (Å²) in [7, 11) is 1.86. The van der Waals surface area contributed by atoms with Gasteiger partial charge in [0.25, 0.3) is 0 Å². The van der Waals surface area contributed by atoms with Crippen LogP contribution in [0.25, 0.3) is 0 Å². The maximum atomic E-state index is 9.77. The van der Waals surface area contributed by atoms with E-state index in [4.69, 9.17) is 4.74 Å². The Balaban J connectivity index is 2.26. The van der Waals surface area contributed by atoms with Crippen molar-refractivity contribution in [2.75, 3.05) is 37.5 Å². The van der Waals surface area contributed by atoms with Crippen LogP contribution in [0.15, 0.2) is 6.33 Å². The van der Waals surface area contributed by atoms with Gasteiger partial charge in [0.15, 0.2) is 0 Å². The standard InChI is InChI=1S/C14H24N4O2/c1-3-4-11-12(15-2)16-10-17-13(11)18-14(9-19)5-7-20-8-6-14/h10,19H,3-9H2,1-2H3,(H2,15,16,17,18). The fraction of sp³-hybridized carbons (Fsp3) is 0.714. The summed E-state index contributed by atoms with van der Waals surface area (Å²) in [5.74, 6) is 1.67. The molecule has 0 unspecified atom stereocenters. The van der Waals surface area contributed by atoms with Crippen LogP contribution in [0, 0.1) is 0 Å². The average Bonchev–Trinajstić information content (AvgIpc) is 2.50. The lowest BCUT2D eigenvalue weighted by Crippen LogP contribution is -2.47. The van der Waals surface area contributed by atoms with Crippen molar-refractivity contribution in [1.82, 2.24) is 9.97 Å². The number of rotatable bonds is 6. The molecular formula is C14H24N4O2. The van der Waals surface area contributed by atoms with Gasteiger partial charge in [0.05, 0.1) is 12.1 Å². The van der Waals surface area contributed by atoms with Crippen LogP contribution in [0.1, 0.15) is 31.7 Å². The Morgan fingerprint density at radius 2 is 2.00 bits per heavy atom. The minimum Gasteiger partial charge on any atom is -0.394 e. The second-order valence-corrected chi connectivity index (χ2v) is 5.23. The molecule has 3 N–H and O–H groups in total. The van der Waals surface area contributed by atoms with Crippen LogP contribution in [0.4, 0.5) is 11.6 Å². The highest BCUT2D eigenvalue weighted by molar-refractivity contribution is 5.58. The van der Waals surface area contributed by atoms with E-state index in [0.717, 1.165) is 42.9 Å². The summed E-state index contributed by atoms with van der Waals surface area (Å²) in [6, 6.07) is 0. The zero-order chi connectivity index (χ0) is 14.4. The maximum absolute atomic E-state index is 9.77. The molecule has 112 valence electrons. The van der Waals surface area contributed by atoms with Gasteiger partial charge in [0.2, 0.25) is 0 Å². The van der Waals surface area contributed by atoms with Gasteiger partial charge in [-0.2, -0.15) is 0 Å². The van der Waals surface area contributed by atoms with Crippen LogP contribution in [0.3, 0.4) is 0 Å². The summed E-state index contributed by atoms with van der Waals surface area (Å²) < 4.78 is 5.39. The summed E-state index contributed by atoms with van der Waals surface area (Å²) in [6.45, 7) is 3.55. The van der Waals surface area contributed by atoms with Crippen LogP contribution >= 0.6 is 0 Å². The highest BCUT2D eigenvalue weighted by Gasteiger charge is 2.33. The molecule has 1 fully saturated rings. The monoisotopic (exact) mass is 280 g/mol. The summed E-state index contributed by atoms with van der Waals surface area (Å²) >= 11 is 0. The van der Waals surface area contributed by atoms with Crippen molar-refractivity contribution in [3.63, 3.8) is 0 Å². The zero-order valence-electron chi connectivity index (χ0n) is 12.3. The van der Waals surface area contributed by atoms with Crippen LogP contribution < -0.4 is 10.6 Å². The Morgan fingerprint density at radius 1 is 1.30 bits per heavy atom. The molecule has 2 rings (SSSR count). The summed E-state index contributed by atoms with van der Waals surface area (Å²) in [5.41, 5.74) is 0.747. The van der Waals surface area contributed by atoms with Gasteiger partial charge in [0.1, 0.15) is 18.0 Å². The molecule has 6 nitrogen and oxygen atoms in total. The third-order valence-electron chi connectivity index (χ3n) is 3.82. The SMILES string of the molecule is CCCc1c(NC)ncnc1NC1(CO)CCOCC1. The number of anilines is 2. The van der Waals surface area contributed by atoms with Gasteiger partial charge in [-0.25, -0.2) is 9.97 Å².